The number of phenolic OH excluding ortho intramolecular Hbond substituents is 1. The van der Waals surface area contributed by atoms with Crippen LogP contribution in [0.4, 0.5) is 4.39 Å². The molecular weight excluding hydrogens is 483 g/mol. The Kier molecular flexibility index (Phi) is 5.39. The summed E-state index contributed by atoms with van der Waals surface area (Å²) in [6.45, 7) is 0. The summed E-state index contributed by atoms with van der Waals surface area (Å²) >= 11 is 0. The first-order chi connectivity index (χ1) is 17.4. The molecule has 2 aliphatic heterocycles. The maximum Gasteiger partial charge on any atom is 0.315 e. The SMILES string of the molecule is O=S(=O)(Oc1ccc(F)cc1)C1CC2OC1C(c1ccc(O)cc1)=C2c1ccc(-n2ccnc2)cc1. The Hall–Kier alpha value is -3.95. The first-order valence-electron chi connectivity index (χ1n) is 11.4. The Balaban J connectivity index is 1.39. The number of halogens is 1. The molecule has 2 bridgehead atoms. The van der Waals surface area contributed by atoms with E-state index in [-0.39, 0.29) is 17.9 Å². The van der Waals surface area contributed by atoms with E-state index in [2.05, 4.69) is 4.98 Å². The molecule has 7 nitrogen and oxygen atoms in total. The van der Waals surface area contributed by atoms with Crippen LogP contribution in [0.3, 0.4) is 0 Å². The third-order valence-electron chi connectivity index (χ3n) is 6.55. The van der Waals surface area contributed by atoms with Crippen LogP contribution in [0, 0.1) is 5.82 Å². The first kappa shape index (κ1) is 22.5. The van der Waals surface area contributed by atoms with Crippen LogP contribution in [0.1, 0.15) is 17.5 Å². The quantitative estimate of drug-likeness (QED) is 0.387. The summed E-state index contributed by atoms with van der Waals surface area (Å²) in [5.41, 5.74) is 4.29. The first-order valence-corrected chi connectivity index (χ1v) is 12.8. The summed E-state index contributed by atoms with van der Waals surface area (Å²) < 4.78 is 53.3. The minimum atomic E-state index is -4.09. The number of phenols is 1. The van der Waals surface area contributed by atoms with Crippen LogP contribution in [0.15, 0.2) is 91.5 Å². The third kappa shape index (κ3) is 3.96. The monoisotopic (exact) mass is 504 g/mol. The maximum atomic E-state index is 13.3. The lowest BCUT2D eigenvalue weighted by Crippen LogP contribution is -2.35. The second-order valence-corrected chi connectivity index (χ2v) is 10.5. The van der Waals surface area contributed by atoms with Crippen LogP contribution in [0.5, 0.6) is 11.5 Å². The summed E-state index contributed by atoms with van der Waals surface area (Å²) in [5.74, 6) is -0.327. The fraction of sp³-hybridized carbons (Fsp3) is 0.148. The molecule has 2 aliphatic rings. The average molecular weight is 505 g/mol. The Morgan fingerprint density at radius 1 is 0.944 bits per heavy atom. The molecule has 4 aromatic rings. The van der Waals surface area contributed by atoms with Gasteiger partial charge in [-0.15, -0.1) is 0 Å². The summed E-state index contributed by atoms with van der Waals surface area (Å²) in [4.78, 5) is 4.08. The number of benzene rings is 3. The fourth-order valence-electron chi connectivity index (χ4n) is 4.90. The number of fused-ring (bicyclic) bond motifs is 2. The Morgan fingerprint density at radius 2 is 1.61 bits per heavy atom. The molecular formula is C27H21FN2O5S. The summed E-state index contributed by atoms with van der Waals surface area (Å²) in [5, 5.41) is 8.86. The Morgan fingerprint density at radius 3 is 2.28 bits per heavy atom. The van der Waals surface area contributed by atoms with Crippen molar-refractivity contribution in [3.8, 4) is 17.2 Å². The van der Waals surface area contributed by atoms with Crippen molar-refractivity contribution < 1.29 is 26.8 Å². The van der Waals surface area contributed by atoms with Crippen molar-refractivity contribution in [3.63, 3.8) is 0 Å². The van der Waals surface area contributed by atoms with Gasteiger partial charge in [0.25, 0.3) is 0 Å². The number of ether oxygens (including phenoxy) is 1. The predicted octanol–water partition coefficient (Wildman–Crippen LogP) is 4.58. The van der Waals surface area contributed by atoms with Crippen molar-refractivity contribution in [1.29, 1.82) is 0 Å². The molecule has 1 saturated heterocycles. The van der Waals surface area contributed by atoms with Gasteiger partial charge in [-0.2, -0.15) is 8.42 Å². The number of hydrogen-bond acceptors (Lipinski definition) is 6. The van der Waals surface area contributed by atoms with Gasteiger partial charge in [-0.25, -0.2) is 9.37 Å². The van der Waals surface area contributed by atoms with Gasteiger partial charge in [0, 0.05) is 24.5 Å². The molecule has 6 rings (SSSR count). The standard InChI is InChI=1S/C27H21FN2O5S/c28-19-5-11-22(12-6-19)35-36(32,33)24-15-23-25(17-1-7-20(8-2-17)30-14-13-29-16-30)26(27(24)34-23)18-3-9-21(31)10-4-18/h1-14,16,23-24,27,31H,15H2. The molecule has 1 N–H and O–H groups in total. The number of hydrogen-bond donors (Lipinski definition) is 1. The molecule has 3 unspecified atom stereocenters. The van der Waals surface area contributed by atoms with E-state index in [0.717, 1.165) is 40.1 Å². The van der Waals surface area contributed by atoms with Gasteiger partial charge < -0.3 is 18.6 Å². The highest BCUT2D eigenvalue weighted by Gasteiger charge is 2.53. The molecule has 0 amide bonds. The van der Waals surface area contributed by atoms with E-state index in [9.17, 15) is 17.9 Å². The smallest absolute Gasteiger partial charge is 0.315 e. The van der Waals surface area contributed by atoms with Gasteiger partial charge in [-0.3, -0.25) is 0 Å². The van der Waals surface area contributed by atoms with Gasteiger partial charge in [0.1, 0.15) is 28.7 Å². The van der Waals surface area contributed by atoms with Crippen LogP contribution >= 0.6 is 0 Å². The van der Waals surface area contributed by atoms with Gasteiger partial charge >= 0.3 is 10.1 Å². The van der Waals surface area contributed by atoms with Crippen molar-refractivity contribution in [2.75, 3.05) is 0 Å². The lowest BCUT2D eigenvalue weighted by atomic mass is 9.83. The van der Waals surface area contributed by atoms with Gasteiger partial charge in [0.05, 0.1) is 12.4 Å². The van der Waals surface area contributed by atoms with Crippen LogP contribution in [0.25, 0.3) is 16.8 Å². The zero-order chi connectivity index (χ0) is 24.9. The highest BCUT2D eigenvalue weighted by molar-refractivity contribution is 7.87. The summed E-state index contributed by atoms with van der Waals surface area (Å²) in [7, 11) is -4.09. The third-order valence-corrected chi connectivity index (χ3v) is 8.15. The van der Waals surface area contributed by atoms with Crippen molar-refractivity contribution in [2.45, 2.75) is 23.9 Å². The van der Waals surface area contributed by atoms with Crippen LogP contribution in [0.2, 0.25) is 0 Å². The highest BCUT2D eigenvalue weighted by atomic mass is 32.2. The molecule has 1 aromatic heterocycles. The summed E-state index contributed by atoms with van der Waals surface area (Å²) in [6, 6.07) is 19.4. The van der Waals surface area contributed by atoms with E-state index in [1.165, 1.54) is 12.1 Å². The molecule has 3 aromatic carbocycles. The lowest BCUT2D eigenvalue weighted by molar-refractivity contribution is 0.128. The van der Waals surface area contributed by atoms with Crippen molar-refractivity contribution in [3.05, 3.63) is 108 Å². The molecule has 36 heavy (non-hydrogen) atoms. The van der Waals surface area contributed by atoms with E-state index in [4.69, 9.17) is 8.92 Å². The van der Waals surface area contributed by atoms with Crippen molar-refractivity contribution >= 4 is 21.3 Å². The minimum absolute atomic E-state index is 0.0460. The van der Waals surface area contributed by atoms with E-state index in [1.54, 1.807) is 36.8 Å². The normalized spacial score (nSPS) is 21.2. The molecule has 0 aliphatic carbocycles. The van der Waals surface area contributed by atoms with Crippen LogP contribution in [-0.2, 0) is 14.9 Å². The van der Waals surface area contributed by atoms with E-state index < -0.39 is 33.4 Å². The van der Waals surface area contributed by atoms with Crippen LogP contribution in [-0.4, -0.2) is 40.5 Å². The van der Waals surface area contributed by atoms with Crippen molar-refractivity contribution in [2.24, 2.45) is 0 Å². The highest BCUT2D eigenvalue weighted by Crippen LogP contribution is 2.51. The number of aromatic hydroxyl groups is 1. The van der Waals surface area contributed by atoms with Crippen molar-refractivity contribution in [1.82, 2.24) is 9.55 Å². The molecule has 0 radical (unpaired) electrons. The number of imidazole rings is 1. The molecule has 9 heteroatoms. The minimum Gasteiger partial charge on any atom is -0.508 e. The number of rotatable bonds is 6. The van der Waals surface area contributed by atoms with Crippen LogP contribution < -0.4 is 4.18 Å². The number of nitrogens with zero attached hydrogens (tertiary/aromatic N) is 2. The molecule has 3 atom stereocenters. The fourth-order valence-corrected chi connectivity index (χ4v) is 6.32. The Bertz CT molecular complexity index is 1530. The van der Waals surface area contributed by atoms with Gasteiger partial charge in [0.15, 0.2) is 0 Å². The molecule has 1 fully saturated rings. The van der Waals surface area contributed by atoms with Gasteiger partial charge in [0.2, 0.25) is 0 Å². The maximum absolute atomic E-state index is 13.3. The van der Waals surface area contributed by atoms with E-state index in [1.807, 2.05) is 35.0 Å². The second kappa shape index (κ2) is 8.61. The molecule has 0 spiro atoms. The van der Waals surface area contributed by atoms with E-state index >= 15 is 0 Å². The Labute approximate surface area is 207 Å². The molecule has 3 heterocycles. The van der Waals surface area contributed by atoms with Gasteiger partial charge in [-0.1, -0.05) is 24.3 Å². The predicted molar refractivity (Wildman–Crippen MR) is 131 cm³/mol. The second-order valence-electron chi connectivity index (χ2n) is 8.74. The van der Waals surface area contributed by atoms with Gasteiger partial charge in [-0.05, 0) is 70.8 Å². The zero-order valence-electron chi connectivity index (χ0n) is 18.9. The molecule has 182 valence electrons. The zero-order valence-corrected chi connectivity index (χ0v) is 19.7. The lowest BCUT2D eigenvalue weighted by Gasteiger charge is -2.24. The average Bonchev–Trinajstić information content (AvgIpc) is 3.63. The largest absolute Gasteiger partial charge is 0.508 e. The topological polar surface area (TPSA) is 90.7 Å². The van der Waals surface area contributed by atoms with E-state index in [0.29, 0.717) is 0 Å². The molecule has 0 saturated carbocycles. The number of aromatic nitrogens is 2. The summed E-state index contributed by atoms with van der Waals surface area (Å²) in [6.07, 6.45) is 4.30.